The van der Waals surface area contributed by atoms with Gasteiger partial charge in [0.15, 0.2) is 5.78 Å². The largest absolute Gasteiger partial charge is 0.478 e. The van der Waals surface area contributed by atoms with Gasteiger partial charge in [-0.15, -0.1) is 0 Å². The third-order valence-electron chi connectivity index (χ3n) is 5.85. The number of likely N-dealkylation sites (tertiary alicyclic amines) is 1. The summed E-state index contributed by atoms with van der Waals surface area (Å²) < 4.78 is 14.6. The zero-order valence-electron chi connectivity index (χ0n) is 17.9. The van der Waals surface area contributed by atoms with E-state index in [1.165, 1.54) is 12.1 Å². The molecule has 1 saturated heterocycles. The molecule has 8 heteroatoms. The number of rotatable bonds is 8. The summed E-state index contributed by atoms with van der Waals surface area (Å²) in [4.78, 5) is 52.8. The van der Waals surface area contributed by atoms with Crippen molar-refractivity contribution in [1.29, 1.82) is 0 Å². The number of hydrogen-bond acceptors (Lipinski definition) is 4. The number of amides is 2. The molecule has 2 atom stereocenters. The molecule has 0 saturated carbocycles. The van der Waals surface area contributed by atoms with E-state index in [1.807, 2.05) is 37.3 Å². The van der Waals surface area contributed by atoms with Gasteiger partial charge in [-0.3, -0.25) is 14.4 Å². The quantitative estimate of drug-likeness (QED) is 0.614. The van der Waals surface area contributed by atoms with Crippen LogP contribution in [-0.4, -0.2) is 40.1 Å². The van der Waals surface area contributed by atoms with Crippen molar-refractivity contribution in [3.8, 4) is 0 Å². The van der Waals surface area contributed by atoms with Crippen LogP contribution < -0.4 is 5.32 Å². The van der Waals surface area contributed by atoms with Gasteiger partial charge in [0, 0.05) is 18.5 Å². The first-order chi connectivity index (χ1) is 15.2. The molecular weight excluding hydrogens is 415 g/mol. The molecule has 2 aromatic carbocycles. The second kappa shape index (κ2) is 9.30. The lowest BCUT2D eigenvalue weighted by Gasteiger charge is -2.40. The van der Waals surface area contributed by atoms with Crippen LogP contribution in [0.3, 0.4) is 0 Å². The van der Waals surface area contributed by atoms with Crippen LogP contribution in [0.15, 0.2) is 48.5 Å². The van der Waals surface area contributed by atoms with Gasteiger partial charge < -0.3 is 15.3 Å². The van der Waals surface area contributed by atoms with Crippen LogP contribution in [0.5, 0.6) is 0 Å². The molecule has 0 aromatic heterocycles. The molecule has 2 amide bonds. The minimum Gasteiger partial charge on any atom is -0.478 e. The van der Waals surface area contributed by atoms with Crippen LogP contribution in [0, 0.1) is 5.82 Å². The highest BCUT2D eigenvalue weighted by Gasteiger charge is 2.55. The van der Waals surface area contributed by atoms with Crippen molar-refractivity contribution < 1.29 is 28.7 Å². The Labute approximate surface area is 185 Å². The number of aromatic carboxylic acids is 1. The molecule has 3 rings (SSSR count). The Morgan fingerprint density at radius 3 is 2.38 bits per heavy atom. The van der Waals surface area contributed by atoms with Crippen LogP contribution in [0.4, 0.5) is 4.39 Å². The Kier molecular flexibility index (Phi) is 6.72. The summed E-state index contributed by atoms with van der Waals surface area (Å²) in [6.07, 6.45) is 0.983. The number of halogens is 1. The van der Waals surface area contributed by atoms with Crippen molar-refractivity contribution in [1.82, 2.24) is 10.2 Å². The monoisotopic (exact) mass is 440 g/mol. The molecule has 1 fully saturated rings. The van der Waals surface area contributed by atoms with Crippen molar-refractivity contribution in [2.24, 2.45) is 0 Å². The normalized spacial score (nSPS) is 16.3. The van der Waals surface area contributed by atoms with Gasteiger partial charge in [-0.25, -0.2) is 9.18 Å². The average Bonchev–Trinajstić information content (AvgIpc) is 3.18. The maximum absolute atomic E-state index is 14.6. The van der Waals surface area contributed by atoms with Crippen LogP contribution in [0.2, 0.25) is 0 Å². The summed E-state index contributed by atoms with van der Waals surface area (Å²) in [6.45, 7) is 3.04. The Morgan fingerprint density at radius 2 is 1.84 bits per heavy atom. The van der Waals surface area contributed by atoms with E-state index < -0.39 is 46.5 Å². The van der Waals surface area contributed by atoms with E-state index in [2.05, 4.69) is 5.32 Å². The molecule has 32 heavy (non-hydrogen) atoms. The van der Waals surface area contributed by atoms with Gasteiger partial charge >= 0.3 is 5.97 Å². The van der Waals surface area contributed by atoms with Crippen molar-refractivity contribution in [2.45, 2.75) is 44.7 Å². The van der Waals surface area contributed by atoms with Crippen molar-refractivity contribution in [3.05, 3.63) is 71.0 Å². The number of Topliss-reactive ketones (excluding diaryl/α,β-unsaturated/α-hetero) is 1. The minimum absolute atomic E-state index is 0.0730. The fourth-order valence-corrected chi connectivity index (χ4v) is 4.34. The molecular formula is C24H25FN2O5. The number of ketones is 1. The van der Waals surface area contributed by atoms with Gasteiger partial charge in [0.2, 0.25) is 11.4 Å². The molecule has 1 heterocycles. The number of carbonyl (C=O) groups is 4. The lowest BCUT2D eigenvalue weighted by molar-refractivity contribution is -0.153. The summed E-state index contributed by atoms with van der Waals surface area (Å²) >= 11 is 0. The summed E-state index contributed by atoms with van der Waals surface area (Å²) in [5.41, 5.74) is -2.67. The summed E-state index contributed by atoms with van der Waals surface area (Å²) in [5, 5.41) is 12.5. The number of nitrogens with one attached hydrogen (secondary N) is 1. The molecule has 2 N–H and O–H groups in total. The van der Waals surface area contributed by atoms with Crippen LogP contribution in [0.1, 0.15) is 60.6 Å². The number of benzene rings is 2. The number of carboxylic acid groups (broad SMARTS) is 1. The fourth-order valence-electron chi connectivity index (χ4n) is 4.34. The minimum atomic E-state index is -2.30. The zero-order chi connectivity index (χ0) is 23.5. The highest BCUT2D eigenvalue weighted by atomic mass is 19.1. The Bertz CT molecular complexity index is 1060. The average molecular weight is 440 g/mol. The molecule has 0 unspecified atom stereocenters. The first-order valence-electron chi connectivity index (χ1n) is 10.4. The highest BCUT2D eigenvalue weighted by molar-refractivity contribution is 6.14. The maximum Gasteiger partial charge on any atom is 0.339 e. The third-order valence-corrected chi connectivity index (χ3v) is 5.85. The molecule has 0 radical (unpaired) electrons. The Balaban J connectivity index is 2.23. The molecule has 168 valence electrons. The fraction of sp³-hybridized carbons (Fsp3) is 0.333. The predicted octanol–water partition coefficient (Wildman–Crippen LogP) is 3.20. The standard InChI is InChI=1S/C24H25FN2O5/c1-3-19(16-9-5-4-6-10-16)26-23(32)24(15(2)28,27-14-8-13-20(27)29)17-11-7-12-18(25)21(17)22(30)31/h4-7,9-12,19H,3,8,13-14H2,1-2H3,(H,26,32)(H,30,31)/t19-,24+/m0/s1. The first-order valence-corrected chi connectivity index (χ1v) is 10.4. The van der Waals surface area contributed by atoms with Gasteiger partial charge in [-0.1, -0.05) is 49.4 Å². The van der Waals surface area contributed by atoms with Gasteiger partial charge in [0.1, 0.15) is 11.4 Å². The number of hydrogen-bond donors (Lipinski definition) is 2. The molecule has 7 nitrogen and oxygen atoms in total. The van der Waals surface area contributed by atoms with E-state index in [9.17, 15) is 28.7 Å². The smallest absolute Gasteiger partial charge is 0.339 e. The van der Waals surface area contributed by atoms with Gasteiger partial charge in [0.05, 0.1) is 6.04 Å². The molecule has 2 aromatic rings. The van der Waals surface area contributed by atoms with Crippen molar-refractivity contribution >= 4 is 23.6 Å². The van der Waals surface area contributed by atoms with Gasteiger partial charge in [-0.05, 0) is 31.4 Å². The van der Waals surface area contributed by atoms with E-state index >= 15 is 0 Å². The van der Waals surface area contributed by atoms with E-state index in [0.29, 0.717) is 12.8 Å². The molecule has 0 spiro atoms. The lowest BCUT2D eigenvalue weighted by atomic mass is 9.80. The topological polar surface area (TPSA) is 104 Å². The molecule has 1 aliphatic rings. The maximum atomic E-state index is 14.6. The molecule has 1 aliphatic heterocycles. The SMILES string of the molecule is CC[C@H](NC(=O)[C@@](C(C)=O)(c1cccc(F)c1C(=O)O)N1CCCC1=O)c1ccccc1. The molecule has 0 bridgehead atoms. The number of carbonyl (C=O) groups excluding carboxylic acids is 3. The van der Waals surface area contributed by atoms with Crippen molar-refractivity contribution in [2.75, 3.05) is 6.54 Å². The van der Waals surface area contributed by atoms with Crippen LogP contribution in [0.25, 0.3) is 0 Å². The highest BCUT2D eigenvalue weighted by Crippen LogP contribution is 2.38. The Hall–Kier alpha value is -3.55. The second-order valence-corrected chi connectivity index (χ2v) is 7.73. The lowest BCUT2D eigenvalue weighted by Crippen LogP contribution is -2.61. The second-order valence-electron chi connectivity index (χ2n) is 7.73. The van der Waals surface area contributed by atoms with Crippen LogP contribution >= 0.6 is 0 Å². The predicted molar refractivity (Wildman–Crippen MR) is 114 cm³/mol. The first kappa shape index (κ1) is 23.1. The van der Waals surface area contributed by atoms with Crippen molar-refractivity contribution in [3.63, 3.8) is 0 Å². The van der Waals surface area contributed by atoms with E-state index in [4.69, 9.17) is 0 Å². The summed E-state index contributed by atoms with van der Waals surface area (Å²) in [7, 11) is 0. The van der Waals surface area contributed by atoms with Crippen LogP contribution in [-0.2, 0) is 19.9 Å². The van der Waals surface area contributed by atoms with E-state index in [-0.39, 0.29) is 18.5 Å². The number of nitrogens with zero attached hydrogens (tertiary/aromatic N) is 1. The molecule has 0 aliphatic carbocycles. The van der Waals surface area contributed by atoms with E-state index in [0.717, 1.165) is 23.5 Å². The number of carboxylic acids is 1. The zero-order valence-corrected chi connectivity index (χ0v) is 17.9. The Morgan fingerprint density at radius 1 is 1.16 bits per heavy atom. The third kappa shape index (κ3) is 3.88. The summed E-state index contributed by atoms with van der Waals surface area (Å²) in [5.74, 6) is -4.80. The van der Waals surface area contributed by atoms with E-state index in [1.54, 1.807) is 0 Å². The van der Waals surface area contributed by atoms with Gasteiger partial charge in [0.25, 0.3) is 5.91 Å². The van der Waals surface area contributed by atoms with Gasteiger partial charge in [-0.2, -0.15) is 0 Å². The summed E-state index contributed by atoms with van der Waals surface area (Å²) in [6, 6.07) is 12.0.